The van der Waals surface area contributed by atoms with Crippen molar-refractivity contribution in [2.45, 2.75) is 37.6 Å². The lowest BCUT2D eigenvalue weighted by atomic mass is 10.0. The average molecular weight is 342 g/mol. The van der Waals surface area contributed by atoms with Crippen LogP contribution in [-0.2, 0) is 11.0 Å². The third-order valence-electron chi connectivity index (χ3n) is 4.78. The number of nitrogens with zero attached hydrogens (tertiary/aromatic N) is 2. The number of rotatable bonds is 3. The van der Waals surface area contributed by atoms with Crippen molar-refractivity contribution in [1.82, 2.24) is 9.80 Å². The number of hydrogen-bond donors (Lipinski definition) is 1. The van der Waals surface area contributed by atoms with E-state index in [1.165, 1.54) is 6.07 Å². The van der Waals surface area contributed by atoms with Crippen LogP contribution in [0.3, 0.4) is 0 Å². The quantitative estimate of drug-likeness (QED) is 0.918. The molecule has 2 saturated heterocycles. The van der Waals surface area contributed by atoms with Crippen molar-refractivity contribution in [2.75, 3.05) is 26.2 Å². The molecule has 7 heteroatoms. The van der Waals surface area contributed by atoms with Gasteiger partial charge in [-0.1, -0.05) is 12.1 Å². The Kier molecular flexibility index (Phi) is 4.83. The van der Waals surface area contributed by atoms with E-state index in [1.54, 1.807) is 15.9 Å². The number of benzene rings is 1. The van der Waals surface area contributed by atoms with Gasteiger partial charge < -0.3 is 10.0 Å². The standard InChI is InChI=1S/C17H21F3N2O2/c18-17(19,20)13-5-3-4-12(8-13)15-9-14(23)10-22(15)11-16(24)21-6-1-2-7-21/h3-5,8,14-15,23H,1-2,6-7,9-11H2/t14-,15-/m0/s1. The summed E-state index contributed by atoms with van der Waals surface area (Å²) >= 11 is 0. The van der Waals surface area contributed by atoms with E-state index in [-0.39, 0.29) is 18.5 Å². The van der Waals surface area contributed by atoms with Gasteiger partial charge in [-0.2, -0.15) is 13.2 Å². The second-order valence-electron chi connectivity index (χ2n) is 6.55. The van der Waals surface area contributed by atoms with Gasteiger partial charge in [0.25, 0.3) is 0 Å². The SMILES string of the molecule is O=C(CN1C[C@@H](O)C[C@H]1c1cccc(C(F)(F)F)c1)N1CCCC1. The van der Waals surface area contributed by atoms with Crippen molar-refractivity contribution in [2.24, 2.45) is 0 Å². The largest absolute Gasteiger partial charge is 0.416 e. The molecule has 2 aliphatic rings. The number of aliphatic hydroxyl groups is 1. The normalized spacial score (nSPS) is 25.4. The molecule has 0 unspecified atom stereocenters. The fourth-order valence-electron chi connectivity index (χ4n) is 3.56. The number of aliphatic hydroxyl groups excluding tert-OH is 1. The maximum absolute atomic E-state index is 12.9. The maximum Gasteiger partial charge on any atom is 0.416 e. The summed E-state index contributed by atoms with van der Waals surface area (Å²) in [6.45, 7) is 1.92. The Morgan fingerprint density at radius 1 is 1.25 bits per heavy atom. The second-order valence-corrected chi connectivity index (χ2v) is 6.55. The van der Waals surface area contributed by atoms with Crippen LogP contribution in [0, 0.1) is 0 Å². The summed E-state index contributed by atoms with van der Waals surface area (Å²) < 4.78 is 38.8. The van der Waals surface area contributed by atoms with E-state index < -0.39 is 17.8 Å². The monoisotopic (exact) mass is 342 g/mol. The molecule has 0 saturated carbocycles. The van der Waals surface area contributed by atoms with Crippen LogP contribution < -0.4 is 0 Å². The van der Waals surface area contributed by atoms with Crippen molar-refractivity contribution in [1.29, 1.82) is 0 Å². The van der Waals surface area contributed by atoms with Crippen LogP contribution in [0.1, 0.15) is 36.4 Å². The smallest absolute Gasteiger partial charge is 0.392 e. The molecule has 1 N–H and O–H groups in total. The van der Waals surface area contributed by atoms with Gasteiger partial charge in [0.2, 0.25) is 5.91 Å². The minimum absolute atomic E-state index is 0.0152. The van der Waals surface area contributed by atoms with Gasteiger partial charge in [-0.3, -0.25) is 9.69 Å². The fourth-order valence-corrected chi connectivity index (χ4v) is 3.56. The highest BCUT2D eigenvalue weighted by Gasteiger charge is 2.36. The molecule has 4 nitrogen and oxygen atoms in total. The van der Waals surface area contributed by atoms with E-state index in [4.69, 9.17) is 0 Å². The van der Waals surface area contributed by atoms with E-state index in [9.17, 15) is 23.1 Å². The molecule has 2 atom stereocenters. The zero-order valence-corrected chi connectivity index (χ0v) is 13.3. The summed E-state index contributed by atoms with van der Waals surface area (Å²) in [5.74, 6) is -0.0152. The van der Waals surface area contributed by atoms with Crippen LogP contribution in [0.5, 0.6) is 0 Å². The Labute approximate surface area is 138 Å². The third-order valence-corrected chi connectivity index (χ3v) is 4.78. The summed E-state index contributed by atoms with van der Waals surface area (Å²) in [6, 6.07) is 4.80. The van der Waals surface area contributed by atoms with Crippen LogP contribution in [-0.4, -0.2) is 53.1 Å². The molecule has 0 radical (unpaired) electrons. The topological polar surface area (TPSA) is 43.8 Å². The maximum atomic E-state index is 12.9. The Balaban J connectivity index is 1.76. The molecule has 0 spiro atoms. The van der Waals surface area contributed by atoms with Crippen molar-refractivity contribution < 1.29 is 23.1 Å². The lowest BCUT2D eigenvalue weighted by molar-refractivity contribution is -0.137. The summed E-state index contributed by atoms with van der Waals surface area (Å²) in [5, 5.41) is 9.95. The molecule has 1 amide bonds. The third kappa shape index (κ3) is 3.72. The highest BCUT2D eigenvalue weighted by molar-refractivity contribution is 5.78. The summed E-state index contributed by atoms with van der Waals surface area (Å²) in [6.07, 6.45) is -2.70. The molecule has 2 aliphatic heterocycles. The molecule has 1 aromatic rings. The highest BCUT2D eigenvalue weighted by Crippen LogP contribution is 2.36. The molecule has 24 heavy (non-hydrogen) atoms. The van der Waals surface area contributed by atoms with Gasteiger partial charge in [-0.25, -0.2) is 0 Å². The molecule has 0 aliphatic carbocycles. The Hall–Kier alpha value is -1.60. The number of β-amino-alcohol motifs (C(OH)–C–C–N with tert-alkyl or cyclic N) is 1. The summed E-state index contributed by atoms with van der Waals surface area (Å²) in [5.41, 5.74) is -0.206. The molecular formula is C17H21F3N2O2. The van der Waals surface area contributed by atoms with Crippen molar-refractivity contribution in [3.05, 3.63) is 35.4 Å². The highest BCUT2D eigenvalue weighted by atomic mass is 19.4. The molecule has 3 rings (SSSR count). The number of carbonyl (C=O) groups excluding carboxylic acids is 1. The molecule has 1 aromatic carbocycles. The molecular weight excluding hydrogens is 321 g/mol. The molecule has 132 valence electrons. The van der Waals surface area contributed by atoms with E-state index in [1.807, 2.05) is 0 Å². The first-order valence-corrected chi connectivity index (χ1v) is 8.21. The zero-order valence-electron chi connectivity index (χ0n) is 13.3. The van der Waals surface area contributed by atoms with E-state index in [0.29, 0.717) is 18.5 Å². The average Bonchev–Trinajstić information content (AvgIpc) is 3.16. The lowest BCUT2D eigenvalue weighted by Crippen LogP contribution is -2.39. The fraction of sp³-hybridized carbons (Fsp3) is 0.588. The van der Waals surface area contributed by atoms with Gasteiger partial charge in [0.05, 0.1) is 18.2 Å². The summed E-state index contributed by atoms with van der Waals surface area (Å²) in [7, 11) is 0. The Bertz CT molecular complexity index is 600. The first-order valence-electron chi connectivity index (χ1n) is 8.21. The van der Waals surface area contributed by atoms with Crippen LogP contribution in [0.4, 0.5) is 13.2 Å². The van der Waals surface area contributed by atoms with Gasteiger partial charge >= 0.3 is 6.18 Å². The Morgan fingerprint density at radius 3 is 2.62 bits per heavy atom. The zero-order chi connectivity index (χ0) is 17.3. The second kappa shape index (κ2) is 6.72. The minimum atomic E-state index is -4.40. The first-order chi connectivity index (χ1) is 11.3. The van der Waals surface area contributed by atoms with E-state index in [0.717, 1.165) is 38.1 Å². The molecule has 0 bridgehead atoms. The van der Waals surface area contributed by atoms with Crippen molar-refractivity contribution in [3.63, 3.8) is 0 Å². The van der Waals surface area contributed by atoms with Gasteiger partial charge in [0.1, 0.15) is 0 Å². The number of alkyl halides is 3. The number of halogens is 3. The lowest BCUT2D eigenvalue weighted by Gasteiger charge is -2.26. The van der Waals surface area contributed by atoms with Crippen molar-refractivity contribution in [3.8, 4) is 0 Å². The van der Waals surface area contributed by atoms with E-state index >= 15 is 0 Å². The van der Waals surface area contributed by atoms with Gasteiger partial charge in [-0.05, 0) is 37.0 Å². The predicted octanol–water partition coefficient (Wildman–Crippen LogP) is 2.44. The number of carbonyl (C=O) groups is 1. The number of likely N-dealkylation sites (tertiary alicyclic amines) is 2. The van der Waals surface area contributed by atoms with E-state index in [2.05, 4.69) is 0 Å². The van der Waals surface area contributed by atoms with Crippen LogP contribution in [0.2, 0.25) is 0 Å². The number of amides is 1. The minimum Gasteiger partial charge on any atom is -0.392 e. The number of hydrogen-bond acceptors (Lipinski definition) is 3. The summed E-state index contributed by atoms with van der Waals surface area (Å²) in [4.78, 5) is 15.9. The van der Waals surface area contributed by atoms with Crippen LogP contribution in [0.15, 0.2) is 24.3 Å². The van der Waals surface area contributed by atoms with Gasteiger partial charge in [0.15, 0.2) is 0 Å². The Morgan fingerprint density at radius 2 is 1.96 bits per heavy atom. The van der Waals surface area contributed by atoms with Crippen molar-refractivity contribution >= 4 is 5.91 Å². The van der Waals surface area contributed by atoms with Crippen LogP contribution in [0.25, 0.3) is 0 Å². The van der Waals surface area contributed by atoms with Gasteiger partial charge in [-0.15, -0.1) is 0 Å². The molecule has 0 aromatic heterocycles. The van der Waals surface area contributed by atoms with Crippen LogP contribution >= 0.6 is 0 Å². The first kappa shape index (κ1) is 17.2. The predicted molar refractivity (Wildman–Crippen MR) is 82.2 cm³/mol. The van der Waals surface area contributed by atoms with Gasteiger partial charge in [0, 0.05) is 25.7 Å². The molecule has 2 fully saturated rings. The molecule has 2 heterocycles.